The number of amides is 3. The fourth-order valence-corrected chi connectivity index (χ4v) is 5.46. The Hall–Kier alpha value is -3.38. The van der Waals surface area contributed by atoms with E-state index in [0.29, 0.717) is 22.4 Å². The lowest BCUT2D eigenvalue weighted by Gasteiger charge is -2.42. The Balaban J connectivity index is 1.29. The van der Waals surface area contributed by atoms with Gasteiger partial charge in [0.15, 0.2) is 0 Å². The number of imide groups is 1. The Morgan fingerprint density at radius 1 is 1.13 bits per heavy atom. The summed E-state index contributed by atoms with van der Waals surface area (Å²) in [4.78, 5) is 39.8. The Labute approximate surface area is 219 Å². The number of hydrogen-bond acceptors (Lipinski definition) is 8. The van der Waals surface area contributed by atoms with E-state index in [1.807, 2.05) is 13.8 Å². The first-order valence-corrected chi connectivity index (χ1v) is 12.7. The second-order valence-electron chi connectivity index (χ2n) is 10.2. The molecule has 0 spiro atoms. The minimum Gasteiger partial charge on any atom is -0.381 e. The number of hydrogen-bond donors (Lipinski definition) is 4. The fraction of sp³-hybridized carbons (Fsp3) is 0.444. The van der Waals surface area contributed by atoms with Gasteiger partial charge in [0.05, 0.1) is 12.2 Å². The molecule has 3 amide bonds. The quantitative estimate of drug-likeness (QED) is 0.328. The predicted octanol–water partition coefficient (Wildman–Crippen LogP) is 1.40. The zero-order chi connectivity index (χ0) is 27.2. The van der Waals surface area contributed by atoms with Gasteiger partial charge in [-0.15, -0.1) is 0 Å². The normalized spacial score (nSPS) is 24.4. The van der Waals surface area contributed by atoms with Crippen LogP contribution in [0.15, 0.2) is 36.4 Å². The van der Waals surface area contributed by atoms with E-state index in [0.717, 1.165) is 6.07 Å². The molecule has 3 heterocycles. The average Bonchev–Trinajstić information content (AvgIpc) is 3.19. The first kappa shape index (κ1) is 26.2. The Morgan fingerprint density at radius 2 is 1.87 bits per heavy atom. The van der Waals surface area contributed by atoms with Gasteiger partial charge in [-0.1, -0.05) is 18.2 Å². The first-order chi connectivity index (χ1) is 18.0. The summed E-state index contributed by atoms with van der Waals surface area (Å²) >= 11 is 0. The van der Waals surface area contributed by atoms with Crippen molar-refractivity contribution in [1.82, 2.24) is 15.1 Å². The third kappa shape index (κ3) is 4.90. The van der Waals surface area contributed by atoms with Gasteiger partial charge in [0.2, 0.25) is 11.8 Å². The molecule has 2 aromatic rings. The second-order valence-corrected chi connectivity index (χ2v) is 10.2. The highest BCUT2D eigenvalue weighted by atomic mass is 19.1. The van der Waals surface area contributed by atoms with Gasteiger partial charge in [-0.3, -0.25) is 19.7 Å². The van der Waals surface area contributed by atoms with E-state index in [1.165, 1.54) is 21.9 Å². The maximum atomic E-state index is 15.1. The number of benzene rings is 2. The summed E-state index contributed by atoms with van der Waals surface area (Å²) in [5.41, 5.74) is 2.10. The van der Waals surface area contributed by atoms with Crippen molar-refractivity contribution in [2.75, 3.05) is 18.4 Å². The van der Waals surface area contributed by atoms with Gasteiger partial charge in [0.1, 0.15) is 11.9 Å². The summed E-state index contributed by atoms with van der Waals surface area (Å²) in [6, 6.07) is 8.54. The van der Waals surface area contributed by atoms with Crippen LogP contribution in [0.4, 0.5) is 10.1 Å². The molecule has 2 saturated heterocycles. The van der Waals surface area contributed by atoms with Gasteiger partial charge < -0.3 is 25.2 Å². The van der Waals surface area contributed by atoms with Crippen molar-refractivity contribution in [2.24, 2.45) is 0 Å². The predicted molar refractivity (Wildman–Crippen MR) is 134 cm³/mol. The van der Waals surface area contributed by atoms with Crippen LogP contribution >= 0.6 is 0 Å². The smallest absolute Gasteiger partial charge is 0.255 e. The molecule has 4 N–H and O–H groups in total. The molecule has 0 bridgehead atoms. The van der Waals surface area contributed by atoms with Crippen molar-refractivity contribution in [1.29, 1.82) is 0 Å². The van der Waals surface area contributed by atoms with Crippen molar-refractivity contribution >= 4 is 23.4 Å². The molecule has 5 rings (SSSR count). The zero-order valence-corrected chi connectivity index (χ0v) is 21.2. The van der Waals surface area contributed by atoms with E-state index in [4.69, 9.17) is 4.74 Å². The summed E-state index contributed by atoms with van der Waals surface area (Å²) in [6.07, 6.45) is 0.0421. The molecule has 0 aromatic heterocycles. The molecule has 2 fully saturated rings. The summed E-state index contributed by atoms with van der Waals surface area (Å²) < 4.78 is 20.7. The molecule has 3 unspecified atom stereocenters. The van der Waals surface area contributed by atoms with Gasteiger partial charge in [0, 0.05) is 60.5 Å². The minimum absolute atomic E-state index is 0.0196. The number of nitrogens with one attached hydrogen (secondary N) is 2. The van der Waals surface area contributed by atoms with Crippen LogP contribution in [-0.2, 0) is 33.3 Å². The Bertz CT molecular complexity index is 1270. The van der Waals surface area contributed by atoms with E-state index >= 15 is 4.39 Å². The van der Waals surface area contributed by atoms with Gasteiger partial charge >= 0.3 is 0 Å². The molecule has 0 saturated carbocycles. The molecular formula is C27H31FN4O6. The average molecular weight is 527 g/mol. The highest BCUT2D eigenvalue weighted by Crippen LogP contribution is 2.33. The molecule has 3 aliphatic rings. The highest BCUT2D eigenvalue weighted by Gasteiger charge is 2.41. The maximum Gasteiger partial charge on any atom is 0.255 e. The molecule has 38 heavy (non-hydrogen) atoms. The number of fused-ring (bicyclic) bond motifs is 1. The lowest BCUT2D eigenvalue weighted by Crippen LogP contribution is -2.55. The minimum atomic E-state index is -2.35. The number of carbonyl (C=O) groups is 3. The third-order valence-corrected chi connectivity index (χ3v) is 7.35. The van der Waals surface area contributed by atoms with Crippen LogP contribution in [0.25, 0.3) is 0 Å². The number of carbonyl (C=O) groups excluding carboxylic acids is 3. The van der Waals surface area contributed by atoms with Crippen LogP contribution < -0.4 is 10.6 Å². The van der Waals surface area contributed by atoms with Crippen LogP contribution in [0.1, 0.15) is 53.7 Å². The van der Waals surface area contributed by atoms with E-state index in [1.54, 1.807) is 18.2 Å². The number of rotatable bonds is 6. The number of piperidine rings is 1. The lowest BCUT2D eigenvalue weighted by atomic mass is 10.0. The topological polar surface area (TPSA) is 131 Å². The van der Waals surface area contributed by atoms with Crippen molar-refractivity contribution < 1.29 is 33.7 Å². The second kappa shape index (κ2) is 10.1. The molecule has 11 heteroatoms. The Morgan fingerprint density at radius 3 is 2.55 bits per heavy atom. The van der Waals surface area contributed by atoms with Gasteiger partial charge in [0.25, 0.3) is 11.8 Å². The number of morpholine rings is 1. The first-order valence-electron chi connectivity index (χ1n) is 12.7. The van der Waals surface area contributed by atoms with Crippen molar-refractivity contribution in [3.63, 3.8) is 0 Å². The number of anilines is 1. The molecule has 3 atom stereocenters. The number of halogens is 1. The number of nitrogens with zero attached hydrogens (tertiary/aromatic N) is 2. The number of aliphatic hydroxyl groups is 2. The molecule has 10 nitrogen and oxygen atoms in total. The van der Waals surface area contributed by atoms with Gasteiger partial charge in [-0.2, -0.15) is 0 Å². The van der Waals surface area contributed by atoms with E-state index in [9.17, 15) is 24.6 Å². The van der Waals surface area contributed by atoms with Crippen molar-refractivity contribution in [3.05, 3.63) is 64.5 Å². The standard InChI is InChI=1S/C27H31FN4O6/c1-15-12-31(13-16(2)38-15)27(36,37)18-7-6-17(21(28)10-18)11-29-22-5-3-4-19-20(22)14-32(26(19)35)23-8-9-24(33)30-25(23)34/h3-7,10,15-16,23,29,36-37H,8-9,11-14H2,1-2H3,(H,30,33,34). The summed E-state index contributed by atoms with van der Waals surface area (Å²) in [7, 11) is 0. The van der Waals surface area contributed by atoms with E-state index in [-0.39, 0.29) is 68.6 Å². The molecule has 3 aliphatic heterocycles. The number of ether oxygens (including phenoxy) is 1. The fourth-order valence-electron chi connectivity index (χ4n) is 5.46. The lowest BCUT2D eigenvalue weighted by molar-refractivity contribution is -0.298. The van der Waals surface area contributed by atoms with Crippen LogP contribution in [0, 0.1) is 5.82 Å². The van der Waals surface area contributed by atoms with Crippen molar-refractivity contribution in [2.45, 2.75) is 63.9 Å². The van der Waals surface area contributed by atoms with Crippen LogP contribution in [0.2, 0.25) is 0 Å². The van der Waals surface area contributed by atoms with Crippen LogP contribution in [0.5, 0.6) is 0 Å². The maximum absolute atomic E-state index is 15.1. The Kier molecular flexibility index (Phi) is 6.95. The zero-order valence-electron chi connectivity index (χ0n) is 21.2. The molecule has 202 valence electrons. The molecule has 0 radical (unpaired) electrons. The van der Waals surface area contributed by atoms with E-state index in [2.05, 4.69) is 10.6 Å². The van der Waals surface area contributed by atoms with Gasteiger partial charge in [-0.05, 0) is 38.5 Å². The van der Waals surface area contributed by atoms with Gasteiger partial charge in [-0.25, -0.2) is 9.29 Å². The third-order valence-electron chi connectivity index (χ3n) is 7.35. The van der Waals surface area contributed by atoms with Crippen molar-refractivity contribution in [3.8, 4) is 0 Å². The highest BCUT2D eigenvalue weighted by molar-refractivity contribution is 6.06. The molecule has 2 aromatic carbocycles. The summed E-state index contributed by atoms with van der Waals surface area (Å²) in [6.45, 7) is 4.54. The van der Waals surface area contributed by atoms with E-state index < -0.39 is 23.7 Å². The van der Waals surface area contributed by atoms with Crippen LogP contribution in [0.3, 0.4) is 0 Å². The SMILES string of the molecule is CC1CN(C(O)(O)c2ccc(CNc3cccc4c3CN(C3CCC(=O)NC3=O)C4=O)c(F)c2)CC(C)O1. The summed E-state index contributed by atoms with van der Waals surface area (Å²) in [5, 5.41) is 27.1. The van der Waals surface area contributed by atoms with Crippen LogP contribution in [-0.4, -0.2) is 69.1 Å². The molecule has 0 aliphatic carbocycles. The monoisotopic (exact) mass is 526 g/mol. The largest absolute Gasteiger partial charge is 0.381 e. The molecular weight excluding hydrogens is 495 g/mol. The summed E-state index contributed by atoms with van der Waals surface area (Å²) in [5.74, 6) is -4.07.